The van der Waals surface area contributed by atoms with Crippen LogP contribution in [0.5, 0.6) is 0 Å². The summed E-state index contributed by atoms with van der Waals surface area (Å²) in [6, 6.07) is 0.0888. The molecule has 0 saturated heterocycles. The molecule has 0 aliphatic heterocycles. The summed E-state index contributed by atoms with van der Waals surface area (Å²) in [5.41, 5.74) is 1.19. The fourth-order valence-electron chi connectivity index (χ4n) is 3.26. The first-order chi connectivity index (χ1) is 11.0. The highest BCUT2D eigenvalue weighted by Gasteiger charge is 2.33. The number of nitrogens with one attached hydrogen (secondary N) is 2. The number of anilines is 1. The molecule has 0 aromatic carbocycles. The van der Waals surface area contributed by atoms with Crippen LogP contribution in [0.15, 0.2) is 4.52 Å². The molecule has 1 aromatic heterocycles. The van der Waals surface area contributed by atoms with Crippen molar-refractivity contribution in [2.75, 3.05) is 5.32 Å². The van der Waals surface area contributed by atoms with Crippen LogP contribution in [0.2, 0.25) is 0 Å². The van der Waals surface area contributed by atoms with E-state index in [4.69, 9.17) is 4.52 Å². The highest BCUT2D eigenvalue weighted by Crippen LogP contribution is 2.44. The van der Waals surface area contributed by atoms with E-state index in [1.54, 1.807) is 6.92 Å². The number of carbonyl (C=O) groups excluding carboxylic acids is 2. The number of amides is 2. The van der Waals surface area contributed by atoms with Crippen molar-refractivity contribution >= 4 is 17.5 Å². The molecule has 2 N–H and O–H groups in total. The van der Waals surface area contributed by atoms with Crippen molar-refractivity contribution in [3.8, 4) is 0 Å². The molecule has 6 nitrogen and oxygen atoms in total. The van der Waals surface area contributed by atoms with E-state index in [1.165, 1.54) is 0 Å². The summed E-state index contributed by atoms with van der Waals surface area (Å²) in [4.78, 5) is 24.3. The molecule has 0 unspecified atom stereocenters. The van der Waals surface area contributed by atoms with Crippen LogP contribution in [-0.2, 0) is 9.59 Å². The predicted octanol–water partition coefficient (Wildman–Crippen LogP) is 2.74. The third-order valence-electron chi connectivity index (χ3n) is 5.22. The third-order valence-corrected chi connectivity index (χ3v) is 5.22. The summed E-state index contributed by atoms with van der Waals surface area (Å²) in [6.45, 7) is 6.21. The molecule has 6 heteroatoms. The Hall–Kier alpha value is -1.85. The van der Waals surface area contributed by atoms with Crippen LogP contribution in [-0.4, -0.2) is 23.0 Å². The predicted molar refractivity (Wildman–Crippen MR) is 86.0 cm³/mol. The molecule has 3 atom stereocenters. The fourth-order valence-corrected chi connectivity index (χ4v) is 3.26. The first-order valence-corrected chi connectivity index (χ1v) is 8.53. The monoisotopic (exact) mass is 319 g/mol. The Morgan fingerprint density at radius 3 is 2.48 bits per heavy atom. The Morgan fingerprint density at radius 2 is 1.83 bits per heavy atom. The van der Waals surface area contributed by atoms with Crippen molar-refractivity contribution in [2.24, 2.45) is 11.8 Å². The van der Waals surface area contributed by atoms with E-state index in [0.717, 1.165) is 32.1 Å². The third kappa shape index (κ3) is 3.57. The molecule has 0 bridgehead atoms. The van der Waals surface area contributed by atoms with E-state index < -0.39 is 11.8 Å². The number of aryl methyl sites for hydroxylation is 1. The van der Waals surface area contributed by atoms with E-state index in [-0.39, 0.29) is 6.04 Å². The second-order valence-electron chi connectivity index (χ2n) is 7.17. The van der Waals surface area contributed by atoms with Crippen molar-refractivity contribution in [3.63, 3.8) is 0 Å². The van der Waals surface area contributed by atoms with Crippen molar-refractivity contribution in [3.05, 3.63) is 11.5 Å². The van der Waals surface area contributed by atoms with Crippen molar-refractivity contribution < 1.29 is 14.1 Å². The Labute approximate surface area is 136 Å². The lowest BCUT2D eigenvalue weighted by Crippen LogP contribution is -2.44. The normalized spacial score (nSPS) is 27.5. The van der Waals surface area contributed by atoms with Gasteiger partial charge < -0.3 is 15.2 Å². The van der Waals surface area contributed by atoms with Gasteiger partial charge in [-0.2, -0.15) is 0 Å². The van der Waals surface area contributed by atoms with Crippen LogP contribution in [0.25, 0.3) is 0 Å². The average molecular weight is 319 g/mol. The minimum Gasteiger partial charge on any atom is -0.359 e. The quantitative estimate of drug-likeness (QED) is 0.839. The molecule has 0 radical (unpaired) electrons. The molecule has 1 heterocycles. The largest absolute Gasteiger partial charge is 0.359 e. The van der Waals surface area contributed by atoms with Crippen LogP contribution in [0.3, 0.4) is 0 Å². The smallest absolute Gasteiger partial charge is 0.313 e. The Balaban J connectivity index is 1.58. The molecule has 0 spiro atoms. The summed E-state index contributed by atoms with van der Waals surface area (Å²) in [5.74, 6) is 1.07. The minimum atomic E-state index is -0.635. The summed E-state index contributed by atoms with van der Waals surface area (Å²) in [5, 5.41) is 9.45. The first-order valence-electron chi connectivity index (χ1n) is 8.53. The molecule has 23 heavy (non-hydrogen) atoms. The number of nitrogens with zero attached hydrogens (tertiary/aromatic N) is 1. The molecule has 2 aliphatic carbocycles. The van der Waals surface area contributed by atoms with E-state index in [2.05, 4.69) is 29.6 Å². The lowest BCUT2D eigenvalue weighted by Gasteiger charge is -2.32. The zero-order valence-electron chi connectivity index (χ0n) is 14.0. The van der Waals surface area contributed by atoms with Crippen LogP contribution < -0.4 is 10.6 Å². The second-order valence-corrected chi connectivity index (χ2v) is 7.17. The molecule has 1 aromatic rings. The van der Waals surface area contributed by atoms with Crippen LogP contribution in [0.1, 0.15) is 63.3 Å². The van der Waals surface area contributed by atoms with Gasteiger partial charge in [0.25, 0.3) is 0 Å². The Kier molecular flexibility index (Phi) is 4.41. The number of hydrogen-bond donors (Lipinski definition) is 2. The zero-order chi connectivity index (χ0) is 16.6. The minimum absolute atomic E-state index is 0.0888. The topological polar surface area (TPSA) is 84.2 Å². The molecule has 126 valence electrons. The van der Waals surface area contributed by atoms with Gasteiger partial charge in [-0.15, -0.1) is 0 Å². The summed E-state index contributed by atoms with van der Waals surface area (Å²) in [6.07, 6.45) is 5.04. The maximum Gasteiger partial charge on any atom is 0.313 e. The lowest BCUT2D eigenvalue weighted by molar-refractivity contribution is -0.136. The maximum atomic E-state index is 12.2. The van der Waals surface area contributed by atoms with Crippen LogP contribution in [0, 0.1) is 18.8 Å². The van der Waals surface area contributed by atoms with Crippen molar-refractivity contribution in [1.82, 2.24) is 10.5 Å². The maximum absolute atomic E-state index is 12.2. The SMILES string of the molecule is Cc1noc(C2CC2)c1NC(=O)C(=O)N[C@@H]1CC[C@@H](C)[C@@H](C)C1. The Bertz CT molecular complexity index is 606. The van der Waals surface area contributed by atoms with Gasteiger partial charge in [0.2, 0.25) is 0 Å². The van der Waals surface area contributed by atoms with Gasteiger partial charge in [-0.25, -0.2) is 0 Å². The number of aromatic nitrogens is 1. The highest BCUT2D eigenvalue weighted by atomic mass is 16.5. The lowest BCUT2D eigenvalue weighted by atomic mass is 9.79. The molecule has 2 fully saturated rings. The number of hydrogen-bond acceptors (Lipinski definition) is 4. The van der Waals surface area contributed by atoms with E-state index in [0.29, 0.717) is 34.9 Å². The van der Waals surface area contributed by atoms with Crippen molar-refractivity contribution in [2.45, 2.75) is 64.8 Å². The average Bonchev–Trinajstić information content (AvgIpc) is 3.29. The molecule has 2 saturated carbocycles. The molecule has 2 amide bonds. The first kappa shape index (κ1) is 16.0. The second kappa shape index (κ2) is 6.34. The van der Waals surface area contributed by atoms with Gasteiger partial charge in [-0.3, -0.25) is 9.59 Å². The molecule has 2 aliphatic rings. The summed E-state index contributed by atoms with van der Waals surface area (Å²) < 4.78 is 5.28. The van der Waals surface area contributed by atoms with Crippen LogP contribution in [0.4, 0.5) is 5.69 Å². The Morgan fingerprint density at radius 1 is 1.09 bits per heavy atom. The highest BCUT2D eigenvalue weighted by molar-refractivity contribution is 6.39. The molecule has 3 rings (SSSR count). The number of rotatable bonds is 3. The van der Waals surface area contributed by atoms with Gasteiger partial charge in [0.15, 0.2) is 5.76 Å². The van der Waals surface area contributed by atoms with E-state index >= 15 is 0 Å². The number of carbonyl (C=O) groups is 2. The van der Waals surface area contributed by atoms with Crippen molar-refractivity contribution in [1.29, 1.82) is 0 Å². The van der Waals surface area contributed by atoms with E-state index in [9.17, 15) is 9.59 Å². The fraction of sp³-hybridized carbons (Fsp3) is 0.706. The molecular formula is C17H25N3O3. The zero-order valence-corrected chi connectivity index (χ0v) is 14.0. The summed E-state index contributed by atoms with van der Waals surface area (Å²) in [7, 11) is 0. The van der Waals surface area contributed by atoms with E-state index in [1.807, 2.05) is 0 Å². The standard InChI is InChI=1S/C17H25N3O3/c1-9-4-7-13(8-10(9)2)18-16(21)17(22)19-14-11(3)20-23-15(14)12-5-6-12/h9-10,12-13H,4-8H2,1-3H3,(H,18,21)(H,19,22)/t9-,10+,13-/m1/s1. The van der Waals surface area contributed by atoms with Gasteiger partial charge in [-0.05, 0) is 50.9 Å². The summed E-state index contributed by atoms with van der Waals surface area (Å²) >= 11 is 0. The van der Waals surface area contributed by atoms with Gasteiger partial charge in [0.1, 0.15) is 11.4 Å². The van der Waals surface area contributed by atoms with Crippen LogP contribution >= 0.6 is 0 Å². The van der Waals surface area contributed by atoms with Gasteiger partial charge in [-0.1, -0.05) is 19.0 Å². The van der Waals surface area contributed by atoms with Gasteiger partial charge in [0, 0.05) is 12.0 Å². The molecular weight excluding hydrogens is 294 g/mol. The van der Waals surface area contributed by atoms with Gasteiger partial charge in [0.05, 0.1) is 0 Å². The van der Waals surface area contributed by atoms with Gasteiger partial charge >= 0.3 is 11.8 Å².